The highest BCUT2D eigenvalue weighted by atomic mass is 79.9. The first-order chi connectivity index (χ1) is 18.2. The van der Waals surface area contributed by atoms with Gasteiger partial charge in [0.05, 0.1) is 43.1 Å². The molecule has 3 rings (SSSR count). The standard InChI is InChI=1S/C17H17FO4.C11H13BrO4/c1-3-21-15-10-12(17(20)22-4-2)9-14(19)16(15)11-5-7-13(18)8-6-11;1-3-15-9-6-7(11(14)16-4-2)5-8(13)10(9)12/h5-10,19H,3-4H2,1-2H3;5-6,13H,3-4H2,1-2H3. The van der Waals surface area contributed by atoms with Crippen molar-refractivity contribution in [3.05, 3.63) is 69.9 Å². The molecule has 0 aliphatic heterocycles. The quantitative estimate of drug-likeness (QED) is 0.271. The Morgan fingerprint density at radius 1 is 0.737 bits per heavy atom. The molecule has 204 valence electrons. The molecule has 0 atom stereocenters. The molecule has 0 radical (unpaired) electrons. The number of benzene rings is 3. The average molecular weight is 593 g/mol. The summed E-state index contributed by atoms with van der Waals surface area (Å²) in [6.07, 6.45) is 0. The molecule has 0 bridgehead atoms. The molecule has 0 spiro atoms. The SMILES string of the molecule is CCOC(=O)c1cc(O)c(-c2ccc(F)cc2)c(OCC)c1.CCOC(=O)c1cc(O)c(Br)c(OCC)c1. The lowest BCUT2D eigenvalue weighted by atomic mass is 10.0. The second-order valence-corrected chi connectivity index (χ2v) is 8.28. The minimum absolute atomic E-state index is 0.0472. The molecule has 0 heterocycles. The van der Waals surface area contributed by atoms with Gasteiger partial charge in [-0.1, -0.05) is 12.1 Å². The molecule has 0 fully saturated rings. The van der Waals surface area contributed by atoms with Crippen LogP contribution in [0.1, 0.15) is 48.4 Å². The summed E-state index contributed by atoms with van der Waals surface area (Å²) >= 11 is 3.18. The zero-order valence-electron chi connectivity index (χ0n) is 21.5. The monoisotopic (exact) mass is 592 g/mol. The second kappa shape index (κ2) is 14.8. The smallest absolute Gasteiger partial charge is 0.338 e. The molecular formula is C28H30BrFO8. The van der Waals surface area contributed by atoms with Gasteiger partial charge in [-0.15, -0.1) is 0 Å². The van der Waals surface area contributed by atoms with E-state index in [1.807, 2.05) is 6.92 Å². The zero-order chi connectivity index (χ0) is 28.2. The maximum Gasteiger partial charge on any atom is 0.338 e. The summed E-state index contributed by atoms with van der Waals surface area (Å²) in [5.41, 5.74) is 1.48. The van der Waals surface area contributed by atoms with E-state index in [-0.39, 0.29) is 35.1 Å². The van der Waals surface area contributed by atoms with E-state index in [0.29, 0.717) is 46.9 Å². The maximum absolute atomic E-state index is 13.1. The van der Waals surface area contributed by atoms with E-state index >= 15 is 0 Å². The summed E-state index contributed by atoms with van der Waals surface area (Å²) in [6.45, 7) is 8.38. The van der Waals surface area contributed by atoms with Crippen LogP contribution in [0.3, 0.4) is 0 Å². The Balaban J connectivity index is 0.000000281. The zero-order valence-corrected chi connectivity index (χ0v) is 23.1. The third-order valence-electron chi connectivity index (χ3n) is 4.86. The largest absolute Gasteiger partial charge is 0.507 e. The first-order valence-electron chi connectivity index (χ1n) is 11.9. The Morgan fingerprint density at radius 2 is 1.21 bits per heavy atom. The lowest BCUT2D eigenvalue weighted by Crippen LogP contribution is -2.06. The van der Waals surface area contributed by atoms with E-state index < -0.39 is 11.9 Å². The number of esters is 2. The fourth-order valence-electron chi connectivity index (χ4n) is 3.29. The van der Waals surface area contributed by atoms with Crippen molar-refractivity contribution in [1.82, 2.24) is 0 Å². The van der Waals surface area contributed by atoms with Gasteiger partial charge in [0.2, 0.25) is 0 Å². The number of carbonyl (C=O) groups is 2. The summed E-state index contributed by atoms with van der Waals surface area (Å²) in [5, 5.41) is 19.8. The summed E-state index contributed by atoms with van der Waals surface area (Å²) in [6, 6.07) is 11.4. The summed E-state index contributed by atoms with van der Waals surface area (Å²) in [7, 11) is 0. The highest BCUT2D eigenvalue weighted by Crippen LogP contribution is 2.39. The Bertz CT molecular complexity index is 1240. The van der Waals surface area contributed by atoms with Crippen LogP contribution in [0.2, 0.25) is 0 Å². The van der Waals surface area contributed by atoms with Crippen LogP contribution < -0.4 is 9.47 Å². The highest BCUT2D eigenvalue weighted by Gasteiger charge is 2.18. The average Bonchev–Trinajstić information content (AvgIpc) is 2.88. The molecule has 0 aliphatic carbocycles. The van der Waals surface area contributed by atoms with E-state index in [0.717, 1.165) is 0 Å². The summed E-state index contributed by atoms with van der Waals surface area (Å²) < 4.78 is 34.0. The van der Waals surface area contributed by atoms with Gasteiger partial charge in [-0.3, -0.25) is 0 Å². The Labute approximate surface area is 229 Å². The van der Waals surface area contributed by atoms with Gasteiger partial charge in [0.1, 0.15) is 33.3 Å². The van der Waals surface area contributed by atoms with Gasteiger partial charge >= 0.3 is 11.9 Å². The van der Waals surface area contributed by atoms with Gasteiger partial charge in [-0.05, 0) is 85.6 Å². The number of aromatic hydroxyl groups is 2. The minimum Gasteiger partial charge on any atom is -0.507 e. The lowest BCUT2D eigenvalue weighted by Gasteiger charge is -2.14. The van der Waals surface area contributed by atoms with Crippen molar-refractivity contribution in [2.45, 2.75) is 27.7 Å². The van der Waals surface area contributed by atoms with Crippen molar-refractivity contribution < 1.29 is 43.1 Å². The van der Waals surface area contributed by atoms with Crippen molar-refractivity contribution in [2.24, 2.45) is 0 Å². The topological polar surface area (TPSA) is 112 Å². The van der Waals surface area contributed by atoms with Crippen LogP contribution in [0.15, 0.2) is 53.0 Å². The lowest BCUT2D eigenvalue weighted by molar-refractivity contribution is 0.0516. The van der Waals surface area contributed by atoms with Crippen molar-refractivity contribution in [1.29, 1.82) is 0 Å². The van der Waals surface area contributed by atoms with Crippen molar-refractivity contribution in [3.63, 3.8) is 0 Å². The minimum atomic E-state index is -0.538. The highest BCUT2D eigenvalue weighted by molar-refractivity contribution is 9.10. The molecule has 0 unspecified atom stereocenters. The van der Waals surface area contributed by atoms with Gasteiger partial charge in [-0.25, -0.2) is 14.0 Å². The van der Waals surface area contributed by atoms with E-state index in [1.165, 1.54) is 48.5 Å². The normalized spacial score (nSPS) is 10.2. The van der Waals surface area contributed by atoms with Gasteiger partial charge in [-0.2, -0.15) is 0 Å². The van der Waals surface area contributed by atoms with Crippen LogP contribution in [0.5, 0.6) is 23.0 Å². The van der Waals surface area contributed by atoms with E-state index in [2.05, 4.69) is 15.9 Å². The fourth-order valence-corrected chi connectivity index (χ4v) is 3.63. The summed E-state index contributed by atoms with van der Waals surface area (Å²) in [5.74, 6) is -0.794. The molecule has 8 nitrogen and oxygen atoms in total. The maximum atomic E-state index is 13.1. The molecule has 10 heteroatoms. The van der Waals surface area contributed by atoms with Crippen LogP contribution in [-0.2, 0) is 9.47 Å². The molecule has 3 aromatic carbocycles. The van der Waals surface area contributed by atoms with Gasteiger partial charge < -0.3 is 29.2 Å². The number of carbonyl (C=O) groups excluding carboxylic acids is 2. The van der Waals surface area contributed by atoms with Crippen LogP contribution >= 0.6 is 15.9 Å². The van der Waals surface area contributed by atoms with E-state index in [1.54, 1.807) is 20.8 Å². The molecule has 3 aromatic rings. The van der Waals surface area contributed by atoms with Crippen molar-refractivity contribution >= 4 is 27.9 Å². The van der Waals surface area contributed by atoms with E-state index in [4.69, 9.17) is 18.9 Å². The number of hydrogen-bond donors (Lipinski definition) is 2. The fraction of sp³-hybridized carbons (Fsp3) is 0.286. The number of rotatable bonds is 9. The third kappa shape index (κ3) is 8.11. The molecule has 38 heavy (non-hydrogen) atoms. The molecular weight excluding hydrogens is 563 g/mol. The van der Waals surface area contributed by atoms with Gasteiger partial charge in [0.15, 0.2) is 0 Å². The number of ether oxygens (including phenoxy) is 4. The second-order valence-electron chi connectivity index (χ2n) is 7.49. The predicted molar refractivity (Wildman–Crippen MR) is 144 cm³/mol. The van der Waals surface area contributed by atoms with E-state index in [9.17, 15) is 24.2 Å². The molecule has 0 aliphatic rings. The number of hydrogen-bond acceptors (Lipinski definition) is 8. The molecule has 0 saturated carbocycles. The molecule has 0 aromatic heterocycles. The number of halogens is 2. The Hall–Kier alpha value is -3.79. The summed E-state index contributed by atoms with van der Waals surface area (Å²) in [4.78, 5) is 23.3. The van der Waals surface area contributed by atoms with Crippen LogP contribution in [0.25, 0.3) is 11.1 Å². The molecule has 0 amide bonds. The predicted octanol–water partition coefficient (Wildman–Crippen LogP) is 6.50. The van der Waals surface area contributed by atoms with Crippen LogP contribution in [-0.4, -0.2) is 48.6 Å². The Morgan fingerprint density at radius 3 is 1.71 bits per heavy atom. The number of phenolic OH excluding ortho intramolecular Hbond substituents is 2. The van der Waals surface area contributed by atoms with Crippen LogP contribution in [0, 0.1) is 5.82 Å². The number of phenols is 2. The van der Waals surface area contributed by atoms with Crippen molar-refractivity contribution in [3.8, 4) is 34.1 Å². The first kappa shape index (κ1) is 30.4. The molecule has 2 N–H and O–H groups in total. The molecule has 0 saturated heterocycles. The van der Waals surface area contributed by atoms with Gasteiger partial charge in [0, 0.05) is 0 Å². The van der Waals surface area contributed by atoms with Crippen LogP contribution in [0.4, 0.5) is 4.39 Å². The van der Waals surface area contributed by atoms with Gasteiger partial charge in [0.25, 0.3) is 0 Å². The third-order valence-corrected chi connectivity index (χ3v) is 5.65. The Kier molecular flexibility index (Phi) is 11.9. The van der Waals surface area contributed by atoms with Crippen molar-refractivity contribution in [2.75, 3.05) is 26.4 Å². The first-order valence-corrected chi connectivity index (χ1v) is 12.7.